The van der Waals surface area contributed by atoms with Gasteiger partial charge >= 0.3 is 0 Å². The summed E-state index contributed by atoms with van der Waals surface area (Å²) in [5.41, 5.74) is 1.18. The fourth-order valence-electron chi connectivity index (χ4n) is 2.44. The monoisotopic (exact) mass is 291 g/mol. The van der Waals surface area contributed by atoms with Crippen LogP contribution in [0.15, 0.2) is 36.4 Å². The van der Waals surface area contributed by atoms with Crippen molar-refractivity contribution in [2.45, 2.75) is 12.5 Å². The van der Waals surface area contributed by atoms with Crippen LogP contribution in [-0.2, 0) is 0 Å². The third-order valence-corrected chi connectivity index (χ3v) is 3.52. The van der Waals surface area contributed by atoms with E-state index in [-0.39, 0.29) is 11.7 Å². The molecule has 0 aliphatic carbocycles. The van der Waals surface area contributed by atoms with Gasteiger partial charge in [0.15, 0.2) is 0 Å². The number of methoxy groups -OCH3 is 1. The van der Waals surface area contributed by atoms with Crippen LogP contribution in [0.25, 0.3) is 0 Å². The van der Waals surface area contributed by atoms with Crippen LogP contribution in [0, 0.1) is 11.6 Å². The molecular weight excluding hydrogens is 276 g/mol. The highest BCUT2D eigenvalue weighted by atomic mass is 19.1. The molecule has 0 amide bonds. The first-order valence-electron chi connectivity index (χ1n) is 6.69. The van der Waals surface area contributed by atoms with E-state index >= 15 is 0 Å². The Kier molecular flexibility index (Phi) is 3.64. The van der Waals surface area contributed by atoms with Gasteiger partial charge < -0.3 is 14.8 Å². The molecule has 1 atom stereocenters. The predicted octanol–water partition coefficient (Wildman–Crippen LogP) is 3.91. The number of nitrogens with one attached hydrogen (secondary N) is 1. The standard InChI is InChI=1S/C16H15F2NO2/c1-20-11-3-5-16-12(9-11)14(6-7-21-16)19-15-4-2-10(17)8-13(15)18/h2-5,8-9,14,19H,6-7H2,1H3. The van der Waals surface area contributed by atoms with Gasteiger partial charge in [-0.3, -0.25) is 0 Å². The molecule has 0 saturated carbocycles. The molecule has 1 heterocycles. The smallest absolute Gasteiger partial charge is 0.149 e. The minimum atomic E-state index is -0.606. The minimum absolute atomic E-state index is 0.108. The van der Waals surface area contributed by atoms with Gasteiger partial charge in [-0.25, -0.2) is 8.78 Å². The molecule has 0 saturated heterocycles. The molecule has 1 N–H and O–H groups in total. The number of halogens is 2. The summed E-state index contributed by atoms with van der Waals surface area (Å²) < 4.78 is 37.5. The van der Waals surface area contributed by atoms with Crippen LogP contribution in [0.2, 0.25) is 0 Å². The topological polar surface area (TPSA) is 30.5 Å². The molecule has 1 unspecified atom stereocenters. The Morgan fingerprint density at radius 3 is 2.81 bits per heavy atom. The van der Waals surface area contributed by atoms with E-state index in [9.17, 15) is 8.78 Å². The largest absolute Gasteiger partial charge is 0.497 e. The number of fused-ring (bicyclic) bond motifs is 1. The molecule has 0 aromatic heterocycles. The van der Waals surface area contributed by atoms with Gasteiger partial charge in [-0.1, -0.05) is 0 Å². The second-order valence-corrected chi connectivity index (χ2v) is 4.86. The van der Waals surface area contributed by atoms with E-state index < -0.39 is 11.6 Å². The van der Waals surface area contributed by atoms with Gasteiger partial charge in [-0.05, 0) is 30.3 Å². The van der Waals surface area contributed by atoms with E-state index in [2.05, 4.69) is 5.32 Å². The van der Waals surface area contributed by atoms with Crippen molar-refractivity contribution in [3.05, 3.63) is 53.6 Å². The quantitative estimate of drug-likeness (QED) is 0.930. The van der Waals surface area contributed by atoms with E-state index in [0.29, 0.717) is 18.8 Å². The average Bonchev–Trinajstić information content (AvgIpc) is 2.50. The van der Waals surface area contributed by atoms with Crippen molar-refractivity contribution in [3.8, 4) is 11.5 Å². The minimum Gasteiger partial charge on any atom is -0.497 e. The lowest BCUT2D eigenvalue weighted by atomic mass is 10.00. The molecule has 2 aromatic carbocycles. The maximum atomic E-state index is 13.8. The van der Waals surface area contributed by atoms with Crippen LogP contribution in [0.5, 0.6) is 11.5 Å². The summed E-state index contributed by atoms with van der Waals surface area (Å²) in [6, 6.07) is 8.92. The molecule has 0 fully saturated rings. The maximum absolute atomic E-state index is 13.8. The van der Waals surface area contributed by atoms with Gasteiger partial charge in [0.2, 0.25) is 0 Å². The summed E-state index contributed by atoms with van der Waals surface area (Å²) in [6.45, 7) is 0.541. The zero-order chi connectivity index (χ0) is 14.8. The van der Waals surface area contributed by atoms with Gasteiger partial charge in [-0.2, -0.15) is 0 Å². The number of hydrogen-bond acceptors (Lipinski definition) is 3. The fraction of sp³-hybridized carbons (Fsp3) is 0.250. The van der Waals surface area contributed by atoms with Crippen molar-refractivity contribution in [2.75, 3.05) is 19.0 Å². The lowest BCUT2D eigenvalue weighted by Gasteiger charge is -2.28. The van der Waals surface area contributed by atoms with Crippen LogP contribution >= 0.6 is 0 Å². The van der Waals surface area contributed by atoms with Crippen LogP contribution in [0.4, 0.5) is 14.5 Å². The van der Waals surface area contributed by atoms with Crippen LogP contribution in [-0.4, -0.2) is 13.7 Å². The van der Waals surface area contributed by atoms with Gasteiger partial charge in [0, 0.05) is 18.1 Å². The highest BCUT2D eigenvalue weighted by Crippen LogP contribution is 2.37. The lowest BCUT2D eigenvalue weighted by molar-refractivity contribution is 0.273. The third-order valence-electron chi connectivity index (χ3n) is 3.52. The molecular formula is C16H15F2NO2. The van der Waals surface area contributed by atoms with Crippen LogP contribution in [0.3, 0.4) is 0 Å². The van der Waals surface area contributed by atoms with Crippen molar-refractivity contribution >= 4 is 5.69 Å². The Balaban J connectivity index is 1.90. The van der Waals surface area contributed by atoms with E-state index in [1.807, 2.05) is 18.2 Å². The van der Waals surface area contributed by atoms with Gasteiger partial charge in [0.1, 0.15) is 23.1 Å². The zero-order valence-electron chi connectivity index (χ0n) is 11.5. The van der Waals surface area contributed by atoms with Crippen LogP contribution < -0.4 is 14.8 Å². The summed E-state index contributed by atoms with van der Waals surface area (Å²) in [4.78, 5) is 0. The number of hydrogen-bond donors (Lipinski definition) is 1. The molecule has 110 valence electrons. The molecule has 1 aliphatic rings. The molecule has 21 heavy (non-hydrogen) atoms. The van der Waals surface area contributed by atoms with E-state index in [0.717, 1.165) is 17.4 Å². The van der Waals surface area contributed by atoms with E-state index in [4.69, 9.17) is 9.47 Å². The second kappa shape index (κ2) is 5.60. The SMILES string of the molecule is COc1ccc2c(c1)C(Nc1ccc(F)cc1F)CCO2. The first-order chi connectivity index (χ1) is 10.2. The Hall–Kier alpha value is -2.30. The molecule has 0 bridgehead atoms. The molecule has 1 aliphatic heterocycles. The summed E-state index contributed by atoms with van der Waals surface area (Å²) in [6.07, 6.45) is 0.691. The molecule has 2 aromatic rings. The Morgan fingerprint density at radius 2 is 2.05 bits per heavy atom. The summed E-state index contributed by atoms with van der Waals surface area (Å²) in [5, 5.41) is 3.11. The van der Waals surface area contributed by atoms with Crippen molar-refractivity contribution in [1.29, 1.82) is 0 Å². The van der Waals surface area contributed by atoms with Gasteiger partial charge in [0.05, 0.1) is 25.4 Å². The van der Waals surface area contributed by atoms with E-state index in [1.165, 1.54) is 12.1 Å². The number of rotatable bonds is 3. The zero-order valence-corrected chi connectivity index (χ0v) is 11.5. The van der Waals surface area contributed by atoms with Gasteiger partial charge in [-0.15, -0.1) is 0 Å². The van der Waals surface area contributed by atoms with Crippen molar-refractivity contribution < 1.29 is 18.3 Å². The number of anilines is 1. The molecule has 0 spiro atoms. The Bertz CT molecular complexity index is 661. The highest BCUT2D eigenvalue weighted by Gasteiger charge is 2.23. The lowest BCUT2D eigenvalue weighted by Crippen LogP contribution is -2.21. The Morgan fingerprint density at radius 1 is 1.19 bits per heavy atom. The summed E-state index contributed by atoms with van der Waals surface area (Å²) >= 11 is 0. The third kappa shape index (κ3) is 2.77. The number of benzene rings is 2. The fourth-order valence-corrected chi connectivity index (χ4v) is 2.44. The van der Waals surface area contributed by atoms with E-state index in [1.54, 1.807) is 7.11 Å². The predicted molar refractivity (Wildman–Crippen MR) is 75.8 cm³/mol. The summed E-state index contributed by atoms with van der Waals surface area (Å²) in [5.74, 6) is 0.269. The molecule has 3 rings (SSSR count). The Labute approximate surface area is 121 Å². The molecule has 0 radical (unpaired) electrons. The van der Waals surface area contributed by atoms with Crippen LogP contribution in [0.1, 0.15) is 18.0 Å². The highest BCUT2D eigenvalue weighted by molar-refractivity contribution is 5.51. The average molecular weight is 291 g/mol. The second-order valence-electron chi connectivity index (χ2n) is 4.86. The normalized spacial score (nSPS) is 16.8. The van der Waals surface area contributed by atoms with Crippen molar-refractivity contribution in [2.24, 2.45) is 0 Å². The first kappa shape index (κ1) is 13.7. The van der Waals surface area contributed by atoms with Gasteiger partial charge in [0.25, 0.3) is 0 Å². The first-order valence-corrected chi connectivity index (χ1v) is 6.69. The summed E-state index contributed by atoms with van der Waals surface area (Å²) in [7, 11) is 1.59. The molecule has 5 heteroatoms. The van der Waals surface area contributed by atoms with Crippen molar-refractivity contribution in [1.82, 2.24) is 0 Å². The molecule has 3 nitrogen and oxygen atoms in total. The van der Waals surface area contributed by atoms with Crippen molar-refractivity contribution in [3.63, 3.8) is 0 Å². The maximum Gasteiger partial charge on any atom is 0.149 e. The number of ether oxygens (including phenoxy) is 2.